The Morgan fingerprint density at radius 1 is 1.30 bits per heavy atom. The van der Waals surface area contributed by atoms with Crippen LogP contribution in [0.2, 0.25) is 0 Å². The van der Waals surface area contributed by atoms with Crippen molar-refractivity contribution in [2.75, 3.05) is 6.54 Å². The van der Waals surface area contributed by atoms with E-state index in [2.05, 4.69) is 9.97 Å². The van der Waals surface area contributed by atoms with Crippen LogP contribution in [-0.2, 0) is 10.0 Å². The van der Waals surface area contributed by atoms with E-state index in [0.29, 0.717) is 11.4 Å². The predicted octanol–water partition coefficient (Wildman–Crippen LogP) is 2.24. The molecular weight excluding hydrogens is 274 g/mol. The molecule has 0 bridgehead atoms. The van der Waals surface area contributed by atoms with Crippen molar-refractivity contribution < 1.29 is 8.42 Å². The summed E-state index contributed by atoms with van der Waals surface area (Å²) >= 11 is 0. The van der Waals surface area contributed by atoms with Crippen LogP contribution >= 0.6 is 0 Å². The van der Waals surface area contributed by atoms with Gasteiger partial charge in [-0.05, 0) is 31.9 Å². The number of hydrogen-bond acceptors (Lipinski definition) is 3. The molecule has 1 aromatic heterocycles. The van der Waals surface area contributed by atoms with E-state index in [1.54, 1.807) is 34.8 Å². The van der Waals surface area contributed by atoms with Gasteiger partial charge in [0.05, 0.1) is 10.9 Å². The molecule has 106 valence electrons. The highest BCUT2D eigenvalue weighted by atomic mass is 32.2. The molecule has 0 aliphatic carbocycles. The van der Waals surface area contributed by atoms with Gasteiger partial charge in [0, 0.05) is 18.4 Å². The Hall–Kier alpha value is -1.66. The summed E-state index contributed by atoms with van der Waals surface area (Å²) in [6, 6.07) is 8.39. The zero-order valence-corrected chi connectivity index (χ0v) is 12.1. The standard InChI is InChI=1S/C14H17N3O2S/c1-11-10-15-14(16-11)13-8-5-9-17(13)20(18,19)12-6-3-2-4-7-12/h2-4,6-7,10,13H,5,8-9H2,1H3,(H,15,16)/t13-/m0/s1. The van der Waals surface area contributed by atoms with Gasteiger partial charge in [0.15, 0.2) is 0 Å². The Balaban J connectivity index is 1.97. The molecule has 2 aromatic rings. The topological polar surface area (TPSA) is 66.1 Å². The summed E-state index contributed by atoms with van der Waals surface area (Å²) in [5.74, 6) is 0.736. The van der Waals surface area contributed by atoms with Crippen molar-refractivity contribution in [3.63, 3.8) is 0 Å². The van der Waals surface area contributed by atoms with E-state index >= 15 is 0 Å². The van der Waals surface area contributed by atoms with E-state index in [4.69, 9.17) is 0 Å². The first-order valence-corrected chi connectivity index (χ1v) is 8.11. The van der Waals surface area contributed by atoms with E-state index in [9.17, 15) is 8.42 Å². The Morgan fingerprint density at radius 2 is 2.05 bits per heavy atom. The number of benzene rings is 1. The first-order chi connectivity index (χ1) is 9.59. The highest BCUT2D eigenvalue weighted by Gasteiger charge is 2.37. The van der Waals surface area contributed by atoms with Crippen molar-refractivity contribution in [3.8, 4) is 0 Å². The van der Waals surface area contributed by atoms with Crippen molar-refractivity contribution in [2.45, 2.75) is 30.7 Å². The van der Waals surface area contributed by atoms with Gasteiger partial charge >= 0.3 is 0 Å². The molecule has 5 nitrogen and oxygen atoms in total. The zero-order chi connectivity index (χ0) is 14.2. The molecule has 1 aliphatic heterocycles. The van der Waals surface area contributed by atoms with Crippen LogP contribution in [0.5, 0.6) is 0 Å². The van der Waals surface area contributed by atoms with Gasteiger partial charge in [-0.3, -0.25) is 0 Å². The smallest absolute Gasteiger partial charge is 0.243 e. The molecule has 1 saturated heterocycles. The number of sulfonamides is 1. The molecule has 3 rings (SSSR count). The van der Waals surface area contributed by atoms with Gasteiger partial charge in [0.25, 0.3) is 0 Å². The number of nitrogens with zero attached hydrogens (tertiary/aromatic N) is 2. The van der Waals surface area contributed by atoms with Crippen LogP contribution in [0.3, 0.4) is 0 Å². The van der Waals surface area contributed by atoms with Gasteiger partial charge in [-0.15, -0.1) is 0 Å². The Bertz CT molecular complexity index is 694. The molecule has 2 heterocycles. The minimum absolute atomic E-state index is 0.186. The van der Waals surface area contributed by atoms with Crippen LogP contribution in [0.4, 0.5) is 0 Å². The highest BCUT2D eigenvalue weighted by Crippen LogP contribution is 2.35. The molecule has 1 fully saturated rings. The lowest BCUT2D eigenvalue weighted by Gasteiger charge is -2.22. The molecule has 1 aromatic carbocycles. The van der Waals surface area contributed by atoms with E-state index in [1.165, 1.54) is 0 Å². The SMILES string of the molecule is Cc1cnc([C@@H]2CCCN2S(=O)(=O)c2ccccc2)[nH]1. The van der Waals surface area contributed by atoms with Gasteiger partial charge in [0.1, 0.15) is 5.82 Å². The highest BCUT2D eigenvalue weighted by molar-refractivity contribution is 7.89. The number of rotatable bonds is 3. The molecular formula is C14H17N3O2S. The number of nitrogens with one attached hydrogen (secondary N) is 1. The van der Waals surface area contributed by atoms with Gasteiger partial charge < -0.3 is 4.98 Å². The molecule has 0 unspecified atom stereocenters. The maximum atomic E-state index is 12.7. The Morgan fingerprint density at radius 3 is 2.70 bits per heavy atom. The molecule has 1 atom stereocenters. The molecule has 0 saturated carbocycles. The maximum Gasteiger partial charge on any atom is 0.243 e. The van der Waals surface area contributed by atoms with E-state index in [1.807, 2.05) is 13.0 Å². The summed E-state index contributed by atoms with van der Waals surface area (Å²) in [5.41, 5.74) is 0.948. The third kappa shape index (κ3) is 2.25. The van der Waals surface area contributed by atoms with Crippen LogP contribution in [0.1, 0.15) is 30.4 Å². The second-order valence-corrected chi connectivity index (χ2v) is 6.93. The lowest BCUT2D eigenvalue weighted by molar-refractivity contribution is 0.385. The van der Waals surface area contributed by atoms with Crippen molar-refractivity contribution in [2.24, 2.45) is 0 Å². The molecule has 0 amide bonds. The number of H-pyrrole nitrogens is 1. The average molecular weight is 291 g/mol. The summed E-state index contributed by atoms with van der Waals surface area (Å²) < 4.78 is 27.0. The fraction of sp³-hybridized carbons (Fsp3) is 0.357. The zero-order valence-electron chi connectivity index (χ0n) is 11.3. The summed E-state index contributed by atoms with van der Waals surface area (Å²) in [6.07, 6.45) is 3.40. The summed E-state index contributed by atoms with van der Waals surface area (Å²) in [7, 11) is -3.45. The monoisotopic (exact) mass is 291 g/mol. The first kappa shape index (κ1) is 13.3. The second-order valence-electron chi connectivity index (χ2n) is 5.04. The van der Waals surface area contributed by atoms with Gasteiger partial charge in [-0.1, -0.05) is 18.2 Å². The molecule has 6 heteroatoms. The fourth-order valence-corrected chi connectivity index (χ4v) is 4.31. The molecule has 0 radical (unpaired) electrons. The minimum Gasteiger partial charge on any atom is -0.345 e. The third-order valence-electron chi connectivity index (χ3n) is 3.59. The van der Waals surface area contributed by atoms with Crippen LogP contribution in [0.25, 0.3) is 0 Å². The number of aryl methyl sites for hydroxylation is 1. The van der Waals surface area contributed by atoms with Crippen LogP contribution < -0.4 is 0 Å². The van der Waals surface area contributed by atoms with Crippen molar-refractivity contribution in [3.05, 3.63) is 48.0 Å². The Labute approximate surface area is 118 Å². The molecule has 20 heavy (non-hydrogen) atoms. The first-order valence-electron chi connectivity index (χ1n) is 6.67. The normalized spacial score (nSPS) is 20.4. The van der Waals surface area contributed by atoms with Gasteiger partial charge in [-0.2, -0.15) is 4.31 Å². The fourth-order valence-electron chi connectivity index (χ4n) is 2.63. The minimum atomic E-state index is -3.45. The van der Waals surface area contributed by atoms with Gasteiger partial charge in [-0.25, -0.2) is 13.4 Å². The van der Waals surface area contributed by atoms with Crippen molar-refractivity contribution in [1.29, 1.82) is 0 Å². The Kier molecular flexibility index (Phi) is 3.35. The maximum absolute atomic E-state index is 12.7. The number of aromatic amines is 1. The average Bonchev–Trinajstić information content (AvgIpc) is 3.08. The van der Waals surface area contributed by atoms with Crippen LogP contribution in [0.15, 0.2) is 41.4 Å². The second kappa shape index (κ2) is 5.03. The van der Waals surface area contributed by atoms with E-state index < -0.39 is 10.0 Å². The molecule has 1 aliphatic rings. The molecule has 1 N–H and O–H groups in total. The summed E-state index contributed by atoms with van der Waals surface area (Å²) in [6.45, 7) is 2.46. The third-order valence-corrected chi connectivity index (χ3v) is 5.51. The van der Waals surface area contributed by atoms with Crippen LogP contribution in [-0.4, -0.2) is 29.2 Å². The van der Waals surface area contributed by atoms with E-state index in [0.717, 1.165) is 24.4 Å². The lowest BCUT2D eigenvalue weighted by atomic mass is 10.2. The summed E-state index contributed by atoms with van der Waals surface area (Å²) in [4.78, 5) is 7.79. The van der Waals surface area contributed by atoms with Crippen molar-refractivity contribution in [1.82, 2.24) is 14.3 Å². The number of hydrogen-bond donors (Lipinski definition) is 1. The summed E-state index contributed by atoms with van der Waals surface area (Å²) in [5, 5.41) is 0. The number of aromatic nitrogens is 2. The van der Waals surface area contributed by atoms with Crippen LogP contribution in [0, 0.1) is 6.92 Å². The largest absolute Gasteiger partial charge is 0.345 e. The number of imidazole rings is 1. The molecule has 0 spiro atoms. The van der Waals surface area contributed by atoms with Crippen molar-refractivity contribution >= 4 is 10.0 Å². The van der Waals surface area contributed by atoms with E-state index in [-0.39, 0.29) is 6.04 Å². The predicted molar refractivity (Wildman–Crippen MR) is 75.6 cm³/mol. The quantitative estimate of drug-likeness (QED) is 0.943. The van der Waals surface area contributed by atoms with Gasteiger partial charge in [0.2, 0.25) is 10.0 Å². The lowest BCUT2D eigenvalue weighted by Crippen LogP contribution is -2.31.